The second kappa shape index (κ2) is 8.10. The summed E-state index contributed by atoms with van der Waals surface area (Å²) in [6.07, 6.45) is 1.77. The highest BCUT2D eigenvalue weighted by Gasteiger charge is 2.26. The van der Waals surface area contributed by atoms with Crippen LogP contribution in [-0.4, -0.2) is 71.2 Å². The third kappa shape index (κ3) is 3.98. The molecule has 3 aromatic rings. The van der Waals surface area contributed by atoms with Crippen molar-refractivity contribution < 1.29 is 13.2 Å². The Morgan fingerprint density at radius 3 is 2.45 bits per heavy atom. The highest BCUT2D eigenvalue weighted by atomic mass is 32.2. The van der Waals surface area contributed by atoms with Crippen LogP contribution in [-0.2, 0) is 16.6 Å². The van der Waals surface area contributed by atoms with Gasteiger partial charge >= 0.3 is 0 Å². The summed E-state index contributed by atoms with van der Waals surface area (Å²) in [5.74, 6) is 1.82. The fraction of sp³-hybridized carbons (Fsp3) is 0.400. The van der Waals surface area contributed by atoms with E-state index in [2.05, 4.69) is 14.5 Å². The number of fused-ring (bicyclic) bond motifs is 1. The highest BCUT2D eigenvalue weighted by molar-refractivity contribution is 7.89. The Bertz CT molecular complexity index is 1090. The predicted molar refractivity (Wildman–Crippen MR) is 112 cm³/mol. The number of ether oxygens (including phenoxy) is 1. The molecule has 0 aliphatic carbocycles. The topological polar surface area (TPSA) is 80.6 Å². The van der Waals surface area contributed by atoms with Gasteiger partial charge in [0.2, 0.25) is 10.0 Å². The molecule has 1 saturated heterocycles. The first kappa shape index (κ1) is 19.8. The van der Waals surface area contributed by atoms with Crippen LogP contribution in [0.4, 0.5) is 0 Å². The van der Waals surface area contributed by atoms with Crippen LogP contribution in [0.15, 0.2) is 42.6 Å². The van der Waals surface area contributed by atoms with Crippen molar-refractivity contribution in [2.24, 2.45) is 0 Å². The average molecular weight is 416 g/mol. The Labute approximate surface area is 170 Å². The molecule has 1 aliphatic heterocycles. The molecule has 0 spiro atoms. The number of benzene rings is 1. The molecular formula is C20H25N5O3S. The molecule has 0 radical (unpaired) electrons. The van der Waals surface area contributed by atoms with E-state index in [1.165, 1.54) is 0 Å². The van der Waals surface area contributed by atoms with Gasteiger partial charge in [0, 0.05) is 38.1 Å². The Morgan fingerprint density at radius 2 is 1.79 bits per heavy atom. The van der Waals surface area contributed by atoms with Crippen LogP contribution in [0.2, 0.25) is 0 Å². The molecule has 0 amide bonds. The molecule has 0 saturated carbocycles. The summed E-state index contributed by atoms with van der Waals surface area (Å²) in [6.45, 7) is 4.69. The summed E-state index contributed by atoms with van der Waals surface area (Å²) in [5.41, 5.74) is 2.61. The van der Waals surface area contributed by atoms with Crippen molar-refractivity contribution in [2.45, 2.75) is 13.5 Å². The maximum absolute atomic E-state index is 12.1. The van der Waals surface area contributed by atoms with Gasteiger partial charge in [-0.05, 0) is 43.3 Å². The van der Waals surface area contributed by atoms with E-state index in [0.29, 0.717) is 32.7 Å². The highest BCUT2D eigenvalue weighted by Crippen LogP contribution is 2.23. The fourth-order valence-corrected chi connectivity index (χ4v) is 4.70. The van der Waals surface area contributed by atoms with Gasteiger partial charge in [0.05, 0.1) is 19.4 Å². The Morgan fingerprint density at radius 1 is 1.07 bits per heavy atom. The molecule has 0 N–H and O–H groups in total. The van der Waals surface area contributed by atoms with Crippen molar-refractivity contribution in [3.63, 3.8) is 0 Å². The number of nitrogens with zero attached hydrogens (tertiary/aromatic N) is 5. The zero-order valence-electron chi connectivity index (χ0n) is 16.7. The van der Waals surface area contributed by atoms with Crippen molar-refractivity contribution in [3.05, 3.63) is 48.4 Å². The van der Waals surface area contributed by atoms with E-state index in [9.17, 15) is 8.42 Å². The van der Waals surface area contributed by atoms with Crippen molar-refractivity contribution in [3.8, 4) is 11.4 Å². The molecule has 8 nitrogen and oxygen atoms in total. The monoisotopic (exact) mass is 415 g/mol. The number of hydrogen-bond donors (Lipinski definition) is 0. The Kier molecular flexibility index (Phi) is 5.53. The number of pyridine rings is 1. The van der Waals surface area contributed by atoms with Gasteiger partial charge in [0.25, 0.3) is 0 Å². The number of methoxy groups -OCH3 is 1. The van der Waals surface area contributed by atoms with Gasteiger partial charge in [0.15, 0.2) is 5.65 Å². The maximum atomic E-state index is 12.1. The number of imidazole rings is 1. The van der Waals surface area contributed by atoms with E-state index in [1.54, 1.807) is 24.5 Å². The van der Waals surface area contributed by atoms with Gasteiger partial charge in [-0.3, -0.25) is 9.47 Å². The van der Waals surface area contributed by atoms with Crippen LogP contribution < -0.4 is 4.74 Å². The minimum Gasteiger partial charge on any atom is -0.497 e. The van der Waals surface area contributed by atoms with E-state index < -0.39 is 10.0 Å². The normalized spacial score (nSPS) is 16.3. The van der Waals surface area contributed by atoms with Gasteiger partial charge in [-0.2, -0.15) is 4.31 Å². The summed E-state index contributed by atoms with van der Waals surface area (Å²) in [5, 5.41) is 0. The van der Waals surface area contributed by atoms with Crippen LogP contribution in [0.25, 0.3) is 16.9 Å². The first-order valence-corrected chi connectivity index (χ1v) is 11.3. The first-order chi connectivity index (χ1) is 14.0. The molecule has 1 aliphatic rings. The number of rotatable bonds is 6. The number of aromatic nitrogens is 3. The summed E-state index contributed by atoms with van der Waals surface area (Å²) >= 11 is 0. The molecule has 0 atom stereocenters. The van der Waals surface area contributed by atoms with Crippen molar-refractivity contribution in [1.29, 1.82) is 0 Å². The fourth-order valence-electron chi connectivity index (χ4n) is 3.62. The summed E-state index contributed by atoms with van der Waals surface area (Å²) in [7, 11) is -1.49. The molecule has 0 unspecified atom stereocenters. The molecule has 4 rings (SSSR count). The first-order valence-electron chi connectivity index (χ1n) is 9.69. The quantitative estimate of drug-likeness (QED) is 0.612. The predicted octanol–water partition coefficient (Wildman–Crippen LogP) is 1.90. The van der Waals surface area contributed by atoms with Gasteiger partial charge in [-0.15, -0.1) is 0 Å². The number of piperazine rings is 1. The van der Waals surface area contributed by atoms with Crippen molar-refractivity contribution >= 4 is 21.2 Å². The van der Waals surface area contributed by atoms with Crippen LogP contribution in [0.3, 0.4) is 0 Å². The second-order valence-corrected chi connectivity index (χ2v) is 9.24. The van der Waals surface area contributed by atoms with Crippen LogP contribution >= 0.6 is 0 Å². The zero-order valence-corrected chi connectivity index (χ0v) is 17.5. The van der Waals surface area contributed by atoms with Crippen LogP contribution in [0.1, 0.15) is 12.7 Å². The molecule has 0 bridgehead atoms. The lowest BCUT2D eigenvalue weighted by molar-refractivity contribution is 0.178. The minimum absolute atomic E-state index is 0.145. The molecular weight excluding hydrogens is 390 g/mol. The third-order valence-corrected chi connectivity index (χ3v) is 7.15. The molecule has 3 heterocycles. The third-order valence-electron chi connectivity index (χ3n) is 5.27. The van der Waals surface area contributed by atoms with E-state index in [-0.39, 0.29) is 5.75 Å². The summed E-state index contributed by atoms with van der Waals surface area (Å²) in [6, 6.07) is 11.7. The van der Waals surface area contributed by atoms with E-state index in [4.69, 9.17) is 9.72 Å². The van der Waals surface area contributed by atoms with Crippen LogP contribution in [0, 0.1) is 0 Å². The van der Waals surface area contributed by atoms with Crippen molar-refractivity contribution in [1.82, 2.24) is 23.7 Å². The molecule has 9 heteroatoms. The molecule has 1 fully saturated rings. The van der Waals surface area contributed by atoms with Gasteiger partial charge in [-0.25, -0.2) is 18.4 Å². The average Bonchev–Trinajstić information content (AvgIpc) is 3.12. The SMILES string of the molecule is CCS(=O)(=O)N1CCN(Cc2nc3cccnc3n2-c2ccc(OC)cc2)CC1. The molecule has 2 aromatic heterocycles. The van der Waals surface area contributed by atoms with E-state index >= 15 is 0 Å². The van der Waals surface area contributed by atoms with E-state index in [0.717, 1.165) is 28.4 Å². The van der Waals surface area contributed by atoms with Crippen LogP contribution in [0.5, 0.6) is 5.75 Å². The van der Waals surface area contributed by atoms with Gasteiger partial charge in [0.1, 0.15) is 17.1 Å². The van der Waals surface area contributed by atoms with Gasteiger partial charge in [-0.1, -0.05) is 0 Å². The zero-order chi connectivity index (χ0) is 20.4. The maximum Gasteiger partial charge on any atom is 0.213 e. The number of sulfonamides is 1. The molecule has 1 aromatic carbocycles. The van der Waals surface area contributed by atoms with Crippen molar-refractivity contribution in [2.75, 3.05) is 39.0 Å². The Balaban J connectivity index is 1.61. The Hall–Kier alpha value is -2.49. The lowest BCUT2D eigenvalue weighted by atomic mass is 10.3. The molecule has 154 valence electrons. The standard InChI is InChI=1S/C20H25N5O3S/c1-3-29(26,27)24-13-11-23(12-14-24)15-19-22-18-5-4-10-21-20(18)25(19)16-6-8-17(28-2)9-7-16/h4-10H,3,11-15H2,1-2H3. The second-order valence-electron chi connectivity index (χ2n) is 6.98. The lowest BCUT2D eigenvalue weighted by Gasteiger charge is -2.33. The van der Waals surface area contributed by atoms with E-state index in [1.807, 2.05) is 36.4 Å². The lowest BCUT2D eigenvalue weighted by Crippen LogP contribution is -2.48. The smallest absolute Gasteiger partial charge is 0.213 e. The van der Waals surface area contributed by atoms with Gasteiger partial charge < -0.3 is 4.74 Å². The summed E-state index contributed by atoms with van der Waals surface area (Å²) < 4.78 is 33.1. The minimum atomic E-state index is -3.13. The molecule has 29 heavy (non-hydrogen) atoms. The number of hydrogen-bond acceptors (Lipinski definition) is 6. The largest absolute Gasteiger partial charge is 0.497 e. The summed E-state index contributed by atoms with van der Waals surface area (Å²) in [4.78, 5) is 11.6.